The summed E-state index contributed by atoms with van der Waals surface area (Å²) < 4.78 is 5.07. The highest BCUT2D eigenvalue weighted by Crippen LogP contribution is 2.32. The lowest BCUT2D eigenvalue weighted by Crippen LogP contribution is -2.16. The normalized spacial score (nSPS) is 15.0. The summed E-state index contributed by atoms with van der Waals surface area (Å²) in [4.78, 5) is 24.2. The van der Waals surface area contributed by atoms with Crippen LogP contribution in [-0.2, 0) is 11.2 Å². The minimum atomic E-state index is -0.293. The van der Waals surface area contributed by atoms with Crippen molar-refractivity contribution in [2.24, 2.45) is 5.10 Å². The molecule has 0 saturated heterocycles. The van der Waals surface area contributed by atoms with Crippen molar-refractivity contribution in [3.8, 4) is 11.3 Å². The van der Waals surface area contributed by atoms with E-state index in [1.54, 1.807) is 24.7 Å². The van der Waals surface area contributed by atoms with Gasteiger partial charge in [0.25, 0.3) is 5.91 Å². The van der Waals surface area contributed by atoms with E-state index in [2.05, 4.69) is 42.9 Å². The third-order valence-corrected chi connectivity index (χ3v) is 4.71. The number of amides is 1. The van der Waals surface area contributed by atoms with Gasteiger partial charge in [0.15, 0.2) is 0 Å². The van der Waals surface area contributed by atoms with E-state index in [4.69, 9.17) is 4.52 Å². The summed E-state index contributed by atoms with van der Waals surface area (Å²) in [6.07, 6.45) is 8.86. The van der Waals surface area contributed by atoms with E-state index >= 15 is 0 Å². The first-order valence-electron chi connectivity index (χ1n) is 9.38. The maximum Gasteiger partial charge on any atom is 0.273 e. The van der Waals surface area contributed by atoms with Gasteiger partial charge in [0, 0.05) is 35.4 Å². The monoisotopic (exact) mass is 391 g/mol. The van der Waals surface area contributed by atoms with Crippen LogP contribution in [0.1, 0.15) is 29.6 Å². The summed E-state index contributed by atoms with van der Waals surface area (Å²) >= 11 is 0. The van der Waals surface area contributed by atoms with Crippen LogP contribution < -0.4 is 10.7 Å². The first-order chi connectivity index (χ1) is 14.2. The van der Waals surface area contributed by atoms with Crippen molar-refractivity contribution >= 4 is 17.7 Å². The van der Waals surface area contributed by atoms with Crippen molar-refractivity contribution in [2.75, 3.05) is 13.1 Å². The number of hydrogen-bond donors (Lipinski definition) is 3. The Morgan fingerprint density at radius 3 is 2.90 bits per heavy atom. The molecule has 4 heterocycles. The molecule has 1 amide bonds. The smallest absolute Gasteiger partial charge is 0.273 e. The van der Waals surface area contributed by atoms with E-state index in [-0.39, 0.29) is 5.91 Å². The van der Waals surface area contributed by atoms with Crippen LogP contribution in [-0.4, -0.2) is 44.8 Å². The lowest BCUT2D eigenvalue weighted by atomic mass is 10.00. The van der Waals surface area contributed by atoms with Crippen molar-refractivity contribution < 1.29 is 9.32 Å². The van der Waals surface area contributed by atoms with Crippen LogP contribution in [0.15, 0.2) is 46.1 Å². The molecule has 0 unspecified atom stereocenters. The van der Waals surface area contributed by atoms with E-state index < -0.39 is 0 Å². The summed E-state index contributed by atoms with van der Waals surface area (Å²) in [7, 11) is 0. The van der Waals surface area contributed by atoms with Gasteiger partial charge in [-0.1, -0.05) is 12.1 Å². The standard InChI is InChI=1S/C20H21N7O2/c1-3-21-6-4-13-12(2)24-16(18(13)15-5-9-29-27-15)10-14-19(25-26-20(14)28)17-11-22-7-8-23-17/h5,7-11,21,24H,3-4,6H2,1-2H3,(H,26,28)/b14-10+. The molecule has 0 aromatic carbocycles. The Morgan fingerprint density at radius 2 is 2.17 bits per heavy atom. The fourth-order valence-electron chi connectivity index (χ4n) is 3.36. The number of aromatic nitrogens is 4. The Kier molecular flexibility index (Phi) is 5.30. The molecule has 0 fully saturated rings. The molecule has 0 aliphatic carbocycles. The highest BCUT2D eigenvalue weighted by Gasteiger charge is 2.27. The van der Waals surface area contributed by atoms with Crippen LogP contribution in [0.5, 0.6) is 0 Å². The van der Waals surface area contributed by atoms with Gasteiger partial charge < -0.3 is 14.8 Å². The Labute approximate surface area is 167 Å². The number of carbonyl (C=O) groups excluding carboxylic acids is 1. The topological polar surface area (TPSA) is 121 Å². The highest BCUT2D eigenvalue weighted by molar-refractivity contribution is 6.32. The molecule has 29 heavy (non-hydrogen) atoms. The molecule has 148 valence electrons. The second-order valence-corrected chi connectivity index (χ2v) is 6.56. The number of H-pyrrole nitrogens is 1. The van der Waals surface area contributed by atoms with Gasteiger partial charge in [0.05, 0.1) is 11.8 Å². The summed E-state index contributed by atoms with van der Waals surface area (Å²) in [6.45, 7) is 5.82. The quantitative estimate of drug-likeness (QED) is 0.417. The average Bonchev–Trinajstić information content (AvgIpc) is 3.44. The molecular weight excluding hydrogens is 370 g/mol. The molecule has 3 aromatic heterocycles. The van der Waals surface area contributed by atoms with Crippen molar-refractivity contribution in [1.29, 1.82) is 0 Å². The molecule has 0 bridgehead atoms. The summed E-state index contributed by atoms with van der Waals surface area (Å²) in [5.41, 5.74) is 8.45. The van der Waals surface area contributed by atoms with Crippen LogP contribution >= 0.6 is 0 Å². The van der Waals surface area contributed by atoms with Gasteiger partial charge in [-0.3, -0.25) is 14.8 Å². The maximum atomic E-state index is 12.5. The number of nitrogens with one attached hydrogen (secondary N) is 3. The van der Waals surface area contributed by atoms with E-state index in [1.165, 1.54) is 6.26 Å². The SMILES string of the molecule is CCNCCc1c(C)[nH]c(/C=C2/C(=O)NN=C2c2cnccn2)c1-c1ccon1. The zero-order chi connectivity index (χ0) is 20.2. The van der Waals surface area contributed by atoms with E-state index in [0.29, 0.717) is 22.7 Å². The molecule has 0 radical (unpaired) electrons. The number of aryl methyl sites for hydroxylation is 1. The van der Waals surface area contributed by atoms with Gasteiger partial charge in [0.1, 0.15) is 23.4 Å². The minimum absolute atomic E-state index is 0.293. The van der Waals surface area contributed by atoms with Crippen molar-refractivity contribution in [2.45, 2.75) is 20.3 Å². The van der Waals surface area contributed by atoms with Gasteiger partial charge in [-0.05, 0) is 38.1 Å². The molecule has 4 rings (SSSR count). The van der Waals surface area contributed by atoms with E-state index in [9.17, 15) is 4.79 Å². The Balaban J connectivity index is 1.79. The summed E-state index contributed by atoms with van der Waals surface area (Å²) in [5.74, 6) is -0.293. The number of nitrogens with zero attached hydrogens (tertiary/aromatic N) is 4. The van der Waals surface area contributed by atoms with Gasteiger partial charge in [0.2, 0.25) is 0 Å². The number of hydrogen-bond acceptors (Lipinski definition) is 7. The van der Waals surface area contributed by atoms with Gasteiger partial charge in [-0.15, -0.1) is 0 Å². The fraction of sp³-hybridized carbons (Fsp3) is 0.250. The molecule has 3 aromatic rings. The van der Waals surface area contributed by atoms with Gasteiger partial charge in [-0.2, -0.15) is 5.10 Å². The molecule has 3 N–H and O–H groups in total. The van der Waals surface area contributed by atoms with Crippen LogP contribution in [0.25, 0.3) is 17.3 Å². The molecule has 9 nitrogen and oxygen atoms in total. The Morgan fingerprint density at radius 1 is 1.28 bits per heavy atom. The van der Waals surface area contributed by atoms with E-state index in [0.717, 1.165) is 42.0 Å². The number of aromatic amines is 1. The first-order valence-corrected chi connectivity index (χ1v) is 9.38. The number of rotatable bonds is 7. The van der Waals surface area contributed by atoms with Crippen molar-refractivity contribution in [3.05, 3.63) is 59.1 Å². The lowest BCUT2D eigenvalue weighted by Gasteiger charge is -2.05. The average molecular weight is 391 g/mol. The summed E-state index contributed by atoms with van der Waals surface area (Å²) in [5, 5.41) is 11.6. The van der Waals surface area contributed by atoms with Crippen LogP contribution in [0, 0.1) is 6.92 Å². The van der Waals surface area contributed by atoms with Gasteiger partial charge >= 0.3 is 0 Å². The second kappa shape index (κ2) is 8.19. The zero-order valence-corrected chi connectivity index (χ0v) is 16.2. The molecule has 0 saturated carbocycles. The maximum absolute atomic E-state index is 12.5. The van der Waals surface area contributed by atoms with Crippen LogP contribution in [0.3, 0.4) is 0 Å². The third-order valence-electron chi connectivity index (χ3n) is 4.71. The van der Waals surface area contributed by atoms with Crippen molar-refractivity contribution in [1.82, 2.24) is 30.9 Å². The number of likely N-dealkylation sites (N-methyl/N-ethyl adjacent to an activating group) is 1. The molecule has 0 spiro atoms. The number of carbonyl (C=O) groups is 1. The zero-order valence-electron chi connectivity index (χ0n) is 16.2. The lowest BCUT2D eigenvalue weighted by molar-refractivity contribution is -0.116. The third kappa shape index (κ3) is 3.72. The second-order valence-electron chi connectivity index (χ2n) is 6.56. The molecule has 9 heteroatoms. The fourth-order valence-corrected chi connectivity index (χ4v) is 3.36. The highest BCUT2D eigenvalue weighted by atomic mass is 16.5. The molecule has 1 aliphatic heterocycles. The van der Waals surface area contributed by atoms with Crippen molar-refractivity contribution in [3.63, 3.8) is 0 Å². The first kappa shape index (κ1) is 18.8. The van der Waals surface area contributed by atoms with Crippen LogP contribution in [0.2, 0.25) is 0 Å². The largest absolute Gasteiger partial charge is 0.364 e. The Bertz CT molecular complexity index is 1070. The minimum Gasteiger partial charge on any atom is -0.364 e. The molecule has 0 atom stereocenters. The summed E-state index contributed by atoms with van der Waals surface area (Å²) in [6, 6.07) is 1.81. The Hall–Kier alpha value is -3.59. The molecular formula is C20H21N7O2. The number of hydrazone groups is 1. The van der Waals surface area contributed by atoms with Crippen LogP contribution in [0.4, 0.5) is 0 Å². The van der Waals surface area contributed by atoms with E-state index in [1.807, 2.05) is 13.0 Å². The molecule has 1 aliphatic rings. The van der Waals surface area contributed by atoms with Gasteiger partial charge in [-0.25, -0.2) is 5.43 Å². The predicted molar refractivity (Wildman–Crippen MR) is 108 cm³/mol. The predicted octanol–water partition coefficient (Wildman–Crippen LogP) is 1.84.